The maximum absolute atomic E-state index is 11.8. The van der Waals surface area contributed by atoms with Crippen molar-refractivity contribution in [2.75, 3.05) is 11.1 Å². The quantitative estimate of drug-likeness (QED) is 0.892. The molecule has 0 aliphatic carbocycles. The molecule has 0 radical (unpaired) electrons. The Kier molecular flexibility index (Phi) is 3.39. The van der Waals surface area contributed by atoms with Gasteiger partial charge in [0.25, 0.3) is 5.91 Å². The topological polar surface area (TPSA) is 80.9 Å². The Labute approximate surface area is 110 Å². The molecule has 1 heterocycles. The normalized spacial score (nSPS) is 10.2. The van der Waals surface area contributed by atoms with Gasteiger partial charge >= 0.3 is 0 Å². The number of nitrogens with two attached hydrogens (primary N) is 1. The van der Waals surface area contributed by atoms with Crippen LogP contribution in [0.25, 0.3) is 0 Å². The maximum atomic E-state index is 11.8. The molecule has 3 N–H and O–H groups in total. The molecule has 1 aromatic carbocycles. The summed E-state index contributed by atoms with van der Waals surface area (Å²) in [5, 5.41) is 10.5. The van der Waals surface area contributed by atoms with Crippen LogP contribution in [0.15, 0.2) is 22.7 Å². The molecule has 5 nitrogen and oxygen atoms in total. The highest BCUT2D eigenvalue weighted by molar-refractivity contribution is 9.10. The molecular weight excluding hydrogens is 304 g/mol. The van der Waals surface area contributed by atoms with Crippen LogP contribution in [0.2, 0.25) is 0 Å². The highest BCUT2D eigenvalue weighted by Gasteiger charge is 2.12. The summed E-state index contributed by atoms with van der Waals surface area (Å²) in [6.07, 6.45) is 0. The van der Waals surface area contributed by atoms with E-state index in [0.717, 1.165) is 21.4 Å². The third kappa shape index (κ3) is 3.01. The van der Waals surface area contributed by atoms with Gasteiger partial charge in [-0.2, -0.15) is 0 Å². The number of nitrogens with zero attached hydrogens (tertiary/aromatic N) is 2. The van der Waals surface area contributed by atoms with Crippen LogP contribution in [-0.2, 0) is 0 Å². The molecule has 0 bridgehead atoms. The van der Waals surface area contributed by atoms with E-state index in [2.05, 4.69) is 31.4 Å². The number of halogens is 1. The molecule has 0 aliphatic rings. The van der Waals surface area contributed by atoms with Crippen LogP contribution in [0.3, 0.4) is 0 Å². The summed E-state index contributed by atoms with van der Waals surface area (Å²) in [7, 11) is 0. The van der Waals surface area contributed by atoms with Crippen LogP contribution in [0.4, 0.5) is 10.8 Å². The van der Waals surface area contributed by atoms with Crippen molar-refractivity contribution in [3.63, 3.8) is 0 Å². The summed E-state index contributed by atoms with van der Waals surface area (Å²) >= 11 is 4.42. The Hall–Kier alpha value is -1.47. The molecule has 1 aromatic heterocycles. The number of hydrogen-bond donors (Lipinski definition) is 2. The molecule has 2 rings (SSSR count). The molecule has 0 spiro atoms. The average Bonchev–Trinajstić information content (AvgIpc) is 2.63. The van der Waals surface area contributed by atoms with Crippen molar-refractivity contribution in [3.8, 4) is 0 Å². The zero-order valence-electron chi connectivity index (χ0n) is 8.90. The number of amides is 1. The fraction of sp³-hybridized carbons (Fsp3) is 0.100. The predicted molar refractivity (Wildman–Crippen MR) is 71.2 cm³/mol. The zero-order valence-corrected chi connectivity index (χ0v) is 11.3. The predicted octanol–water partition coefficient (Wildman–Crippen LogP) is 2.44. The lowest BCUT2D eigenvalue weighted by molar-refractivity contribution is 0.102. The molecule has 0 saturated carbocycles. The Balaban J connectivity index is 2.18. The van der Waals surface area contributed by atoms with Crippen LogP contribution >= 0.6 is 27.3 Å². The Morgan fingerprint density at radius 2 is 2.18 bits per heavy atom. The van der Waals surface area contributed by atoms with Crippen molar-refractivity contribution in [1.29, 1.82) is 0 Å². The van der Waals surface area contributed by atoms with Gasteiger partial charge in [0.1, 0.15) is 0 Å². The number of carbonyl (C=O) groups excluding carboxylic acids is 1. The second kappa shape index (κ2) is 4.80. The molecule has 17 heavy (non-hydrogen) atoms. The highest BCUT2D eigenvalue weighted by Crippen LogP contribution is 2.20. The SMILES string of the molecule is Cc1cc(Br)cc(NC(=O)c2nnc(N)s2)c1. The number of anilines is 2. The van der Waals surface area contributed by atoms with Crippen LogP contribution in [0, 0.1) is 6.92 Å². The number of benzene rings is 1. The summed E-state index contributed by atoms with van der Waals surface area (Å²) in [5.74, 6) is -0.309. The molecule has 0 aliphatic heterocycles. The van der Waals surface area contributed by atoms with Crippen LogP contribution in [0.1, 0.15) is 15.4 Å². The molecule has 0 atom stereocenters. The van der Waals surface area contributed by atoms with Crippen molar-refractivity contribution < 1.29 is 4.79 Å². The van der Waals surface area contributed by atoms with E-state index in [1.165, 1.54) is 0 Å². The molecule has 2 aromatic rings. The van der Waals surface area contributed by atoms with E-state index >= 15 is 0 Å². The molecule has 0 saturated heterocycles. The van der Waals surface area contributed by atoms with E-state index in [9.17, 15) is 4.79 Å². The van der Waals surface area contributed by atoms with E-state index in [1.807, 2.05) is 25.1 Å². The lowest BCUT2D eigenvalue weighted by Gasteiger charge is -2.04. The van der Waals surface area contributed by atoms with E-state index in [1.54, 1.807) is 0 Å². The largest absolute Gasteiger partial charge is 0.374 e. The minimum atomic E-state index is -0.309. The van der Waals surface area contributed by atoms with E-state index < -0.39 is 0 Å². The average molecular weight is 313 g/mol. The third-order valence-electron chi connectivity index (χ3n) is 1.93. The number of hydrogen-bond acceptors (Lipinski definition) is 5. The van der Waals surface area contributed by atoms with Gasteiger partial charge in [-0.1, -0.05) is 27.3 Å². The molecule has 1 amide bonds. The number of aryl methyl sites for hydroxylation is 1. The third-order valence-corrected chi connectivity index (χ3v) is 3.14. The van der Waals surface area contributed by atoms with Gasteiger partial charge in [-0.05, 0) is 30.7 Å². The smallest absolute Gasteiger partial charge is 0.286 e. The molecule has 0 unspecified atom stereocenters. The minimum Gasteiger partial charge on any atom is -0.374 e. The number of carbonyl (C=O) groups is 1. The summed E-state index contributed by atoms with van der Waals surface area (Å²) < 4.78 is 0.907. The fourth-order valence-electron chi connectivity index (χ4n) is 1.32. The van der Waals surface area contributed by atoms with Crippen molar-refractivity contribution in [2.24, 2.45) is 0 Å². The number of rotatable bonds is 2. The van der Waals surface area contributed by atoms with Gasteiger partial charge in [0.2, 0.25) is 10.1 Å². The van der Waals surface area contributed by atoms with Crippen LogP contribution in [-0.4, -0.2) is 16.1 Å². The molecule has 0 fully saturated rings. The van der Waals surface area contributed by atoms with Crippen molar-refractivity contribution in [2.45, 2.75) is 6.92 Å². The summed E-state index contributed by atoms with van der Waals surface area (Å²) in [6, 6.07) is 5.64. The van der Waals surface area contributed by atoms with Gasteiger partial charge < -0.3 is 11.1 Å². The van der Waals surface area contributed by atoms with E-state index in [-0.39, 0.29) is 16.0 Å². The first-order valence-electron chi connectivity index (χ1n) is 4.72. The minimum absolute atomic E-state index is 0.250. The molecule has 7 heteroatoms. The number of nitrogens with one attached hydrogen (secondary N) is 1. The first-order valence-corrected chi connectivity index (χ1v) is 6.33. The number of nitrogen functional groups attached to an aromatic ring is 1. The van der Waals surface area contributed by atoms with Crippen molar-refractivity contribution in [3.05, 3.63) is 33.2 Å². The first kappa shape index (κ1) is 12.0. The summed E-state index contributed by atoms with van der Waals surface area (Å²) in [5.41, 5.74) is 7.17. The van der Waals surface area contributed by atoms with Gasteiger partial charge in [0, 0.05) is 10.2 Å². The molecule has 88 valence electrons. The highest BCUT2D eigenvalue weighted by atomic mass is 79.9. The second-order valence-corrected chi connectivity index (χ2v) is 5.34. The Morgan fingerprint density at radius 3 is 2.76 bits per heavy atom. The standard InChI is InChI=1S/C10H9BrN4OS/c1-5-2-6(11)4-7(3-5)13-8(16)9-14-15-10(12)17-9/h2-4H,1H3,(H2,12,15)(H,13,16). The second-order valence-electron chi connectivity index (χ2n) is 3.42. The zero-order chi connectivity index (χ0) is 12.4. The summed E-state index contributed by atoms with van der Waals surface area (Å²) in [4.78, 5) is 11.8. The van der Waals surface area contributed by atoms with Crippen LogP contribution in [0.5, 0.6) is 0 Å². The van der Waals surface area contributed by atoms with Crippen LogP contribution < -0.4 is 11.1 Å². The van der Waals surface area contributed by atoms with Gasteiger partial charge in [-0.3, -0.25) is 4.79 Å². The summed E-state index contributed by atoms with van der Waals surface area (Å²) in [6.45, 7) is 1.95. The van der Waals surface area contributed by atoms with Gasteiger partial charge in [0.05, 0.1) is 0 Å². The van der Waals surface area contributed by atoms with E-state index in [4.69, 9.17) is 5.73 Å². The number of aromatic nitrogens is 2. The van der Waals surface area contributed by atoms with Crippen molar-refractivity contribution >= 4 is 44.0 Å². The van der Waals surface area contributed by atoms with Gasteiger partial charge in [0.15, 0.2) is 0 Å². The monoisotopic (exact) mass is 312 g/mol. The van der Waals surface area contributed by atoms with Crippen molar-refractivity contribution in [1.82, 2.24) is 10.2 Å². The first-order chi connectivity index (χ1) is 8.04. The van der Waals surface area contributed by atoms with Gasteiger partial charge in [-0.25, -0.2) is 0 Å². The Morgan fingerprint density at radius 1 is 1.41 bits per heavy atom. The Bertz CT molecular complexity index is 549. The maximum Gasteiger partial charge on any atom is 0.286 e. The lowest BCUT2D eigenvalue weighted by atomic mass is 10.2. The fourth-order valence-corrected chi connectivity index (χ4v) is 2.43. The van der Waals surface area contributed by atoms with Gasteiger partial charge in [-0.15, -0.1) is 10.2 Å². The van der Waals surface area contributed by atoms with E-state index in [0.29, 0.717) is 5.69 Å². The molecular formula is C10H9BrN4OS. The lowest BCUT2D eigenvalue weighted by Crippen LogP contribution is -2.11.